The molecule has 0 bridgehead atoms. The number of hydrogen-bond donors (Lipinski definition) is 1. The lowest BCUT2D eigenvalue weighted by atomic mass is 10.0. The van der Waals surface area contributed by atoms with E-state index in [2.05, 4.69) is 65.1 Å². The van der Waals surface area contributed by atoms with E-state index < -0.39 is 0 Å². The molecule has 3 aromatic rings. The SMILES string of the molecule is Cc1cc(N2CCC(N(C)C)CC2)ccc1-c1cc2c(Cl)ccnc2[nH]1. The van der Waals surface area contributed by atoms with Crippen LogP contribution in [0.25, 0.3) is 22.3 Å². The molecule has 5 heteroatoms. The molecule has 1 aliphatic rings. The zero-order chi connectivity index (χ0) is 18.3. The molecule has 1 aliphatic heterocycles. The molecule has 136 valence electrons. The first-order valence-corrected chi connectivity index (χ1v) is 9.56. The van der Waals surface area contributed by atoms with Gasteiger partial charge in [0.2, 0.25) is 0 Å². The standard InChI is InChI=1S/C21H25ClN4/c1-14-12-16(26-10-7-15(8-11-26)25(2)3)4-5-17(14)20-13-18-19(22)6-9-23-21(18)24-20/h4-6,9,12-13,15H,7-8,10-11H2,1-3H3,(H,23,24). The number of hydrogen-bond acceptors (Lipinski definition) is 3. The van der Waals surface area contributed by atoms with Crippen LogP contribution >= 0.6 is 11.6 Å². The summed E-state index contributed by atoms with van der Waals surface area (Å²) in [5, 5.41) is 1.70. The second-order valence-corrected chi connectivity index (χ2v) is 7.83. The summed E-state index contributed by atoms with van der Waals surface area (Å²) in [5.41, 5.74) is 5.68. The minimum atomic E-state index is 0.704. The third-order valence-corrected chi connectivity index (χ3v) is 5.87. The maximum atomic E-state index is 6.29. The van der Waals surface area contributed by atoms with Crippen LogP contribution < -0.4 is 4.90 Å². The molecule has 2 aromatic heterocycles. The average molecular weight is 369 g/mol. The minimum absolute atomic E-state index is 0.704. The third-order valence-electron chi connectivity index (χ3n) is 5.54. The van der Waals surface area contributed by atoms with Crippen molar-refractivity contribution >= 4 is 28.3 Å². The molecule has 1 aromatic carbocycles. The molecule has 4 rings (SSSR count). The van der Waals surface area contributed by atoms with Gasteiger partial charge in [-0.25, -0.2) is 4.98 Å². The summed E-state index contributed by atoms with van der Waals surface area (Å²) in [6, 6.07) is 11.4. The lowest BCUT2D eigenvalue weighted by Crippen LogP contribution is -2.42. The van der Waals surface area contributed by atoms with E-state index >= 15 is 0 Å². The highest BCUT2D eigenvalue weighted by atomic mass is 35.5. The van der Waals surface area contributed by atoms with E-state index in [4.69, 9.17) is 11.6 Å². The summed E-state index contributed by atoms with van der Waals surface area (Å²) < 4.78 is 0. The second kappa shape index (κ2) is 6.93. The van der Waals surface area contributed by atoms with Gasteiger partial charge in [0.15, 0.2) is 0 Å². The Hall–Kier alpha value is -2.04. The average Bonchev–Trinajstić information content (AvgIpc) is 3.07. The van der Waals surface area contributed by atoms with E-state index in [0.717, 1.165) is 34.8 Å². The number of aromatic amines is 1. The largest absolute Gasteiger partial charge is 0.371 e. The fraction of sp³-hybridized carbons (Fsp3) is 0.381. The lowest BCUT2D eigenvalue weighted by molar-refractivity contribution is 0.249. The summed E-state index contributed by atoms with van der Waals surface area (Å²) in [4.78, 5) is 12.6. The number of anilines is 1. The lowest BCUT2D eigenvalue weighted by Gasteiger charge is -2.36. The number of benzene rings is 1. The molecule has 0 radical (unpaired) electrons. The molecule has 3 heterocycles. The Morgan fingerprint density at radius 3 is 2.58 bits per heavy atom. The summed E-state index contributed by atoms with van der Waals surface area (Å²) in [6.07, 6.45) is 4.18. The van der Waals surface area contributed by atoms with E-state index in [-0.39, 0.29) is 0 Å². The van der Waals surface area contributed by atoms with Crippen molar-refractivity contribution in [3.8, 4) is 11.3 Å². The van der Waals surface area contributed by atoms with Gasteiger partial charge in [0, 0.05) is 47.7 Å². The van der Waals surface area contributed by atoms with Crippen LogP contribution in [0.3, 0.4) is 0 Å². The highest BCUT2D eigenvalue weighted by molar-refractivity contribution is 6.35. The molecule has 1 N–H and O–H groups in total. The van der Waals surface area contributed by atoms with Crippen molar-refractivity contribution in [2.24, 2.45) is 0 Å². The van der Waals surface area contributed by atoms with Gasteiger partial charge in [-0.1, -0.05) is 17.7 Å². The van der Waals surface area contributed by atoms with Crippen LogP contribution in [0.5, 0.6) is 0 Å². The Bertz CT molecular complexity index is 923. The first kappa shape index (κ1) is 17.4. The van der Waals surface area contributed by atoms with Crippen LogP contribution in [0.1, 0.15) is 18.4 Å². The molecule has 26 heavy (non-hydrogen) atoms. The molecule has 0 spiro atoms. The monoisotopic (exact) mass is 368 g/mol. The fourth-order valence-corrected chi connectivity index (χ4v) is 4.13. The van der Waals surface area contributed by atoms with Crippen molar-refractivity contribution < 1.29 is 0 Å². The first-order chi connectivity index (χ1) is 12.5. The third kappa shape index (κ3) is 3.19. The Morgan fingerprint density at radius 1 is 1.15 bits per heavy atom. The van der Waals surface area contributed by atoms with Gasteiger partial charge in [-0.3, -0.25) is 0 Å². The van der Waals surface area contributed by atoms with Crippen molar-refractivity contribution in [1.29, 1.82) is 0 Å². The Labute approximate surface area is 159 Å². The van der Waals surface area contributed by atoms with E-state index in [0.29, 0.717) is 6.04 Å². The van der Waals surface area contributed by atoms with Crippen molar-refractivity contribution in [2.45, 2.75) is 25.8 Å². The number of aromatic nitrogens is 2. The number of H-pyrrole nitrogens is 1. The van der Waals surface area contributed by atoms with Crippen molar-refractivity contribution in [1.82, 2.24) is 14.9 Å². The molecule has 0 saturated carbocycles. The van der Waals surface area contributed by atoms with Crippen LogP contribution in [0.15, 0.2) is 36.5 Å². The van der Waals surface area contributed by atoms with Gasteiger partial charge in [-0.05, 0) is 63.7 Å². The Balaban J connectivity index is 1.59. The normalized spacial score (nSPS) is 16.0. The van der Waals surface area contributed by atoms with Gasteiger partial charge < -0.3 is 14.8 Å². The summed E-state index contributed by atoms with van der Waals surface area (Å²) in [6.45, 7) is 4.41. The van der Waals surface area contributed by atoms with E-state index in [1.165, 1.54) is 29.7 Å². The maximum Gasteiger partial charge on any atom is 0.139 e. The topological polar surface area (TPSA) is 35.2 Å². The molecule has 4 nitrogen and oxygen atoms in total. The second-order valence-electron chi connectivity index (χ2n) is 7.42. The van der Waals surface area contributed by atoms with Gasteiger partial charge in [0.05, 0.1) is 5.02 Å². The Kier molecular flexibility index (Phi) is 4.63. The number of fused-ring (bicyclic) bond motifs is 1. The fourth-order valence-electron chi connectivity index (χ4n) is 3.93. The van der Waals surface area contributed by atoms with Gasteiger partial charge in [-0.2, -0.15) is 0 Å². The smallest absolute Gasteiger partial charge is 0.139 e. The number of nitrogens with zero attached hydrogens (tertiary/aromatic N) is 3. The van der Waals surface area contributed by atoms with E-state index in [1.807, 2.05) is 6.07 Å². The number of halogens is 1. The van der Waals surface area contributed by atoms with Crippen molar-refractivity contribution in [3.05, 3.63) is 47.1 Å². The summed E-state index contributed by atoms with van der Waals surface area (Å²) >= 11 is 6.29. The molecule has 0 amide bonds. The summed E-state index contributed by atoms with van der Waals surface area (Å²) in [7, 11) is 4.36. The zero-order valence-electron chi connectivity index (χ0n) is 15.6. The van der Waals surface area contributed by atoms with Crippen LogP contribution in [0.2, 0.25) is 5.02 Å². The predicted molar refractivity (Wildman–Crippen MR) is 110 cm³/mol. The van der Waals surface area contributed by atoms with Gasteiger partial charge in [0.25, 0.3) is 0 Å². The quantitative estimate of drug-likeness (QED) is 0.726. The maximum absolute atomic E-state index is 6.29. The van der Waals surface area contributed by atoms with E-state index in [9.17, 15) is 0 Å². The number of pyridine rings is 1. The molecule has 1 fully saturated rings. The first-order valence-electron chi connectivity index (χ1n) is 9.18. The van der Waals surface area contributed by atoms with E-state index in [1.54, 1.807) is 6.20 Å². The molecule has 0 unspecified atom stereocenters. The summed E-state index contributed by atoms with van der Waals surface area (Å²) in [5.74, 6) is 0. The van der Waals surface area contributed by atoms with Crippen molar-refractivity contribution in [3.63, 3.8) is 0 Å². The van der Waals surface area contributed by atoms with Gasteiger partial charge in [0.1, 0.15) is 5.65 Å². The molecular formula is C21H25ClN4. The van der Waals surface area contributed by atoms with Gasteiger partial charge in [-0.15, -0.1) is 0 Å². The highest BCUT2D eigenvalue weighted by Gasteiger charge is 2.21. The van der Waals surface area contributed by atoms with Crippen LogP contribution in [0, 0.1) is 6.92 Å². The molecule has 1 saturated heterocycles. The predicted octanol–water partition coefficient (Wildman–Crippen LogP) is 4.72. The minimum Gasteiger partial charge on any atom is -0.371 e. The molecule has 0 atom stereocenters. The number of piperidine rings is 1. The van der Waals surface area contributed by atoms with Crippen LogP contribution in [0.4, 0.5) is 5.69 Å². The molecular weight excluding hydrogens is 344 g/mol. The number of aryl methyl sites for hydroxylation is 1. The van der Waals surface area contributed by atoms with Crippen LogP contribution in [-0.2, 0) is 0 Å². The zero-order valence-corrected chi connectivity index (χ0v) is 16.3. The molecule has 0 aliphatic carbocycles. The Morgan fingerprint density at radius 2 is 1.92 bits per heavy atom. The number of nitrogens with one attached hydrogen (secondary N) is 1. The van der Waals surface area contributed by atoms with Crippen molar-refractivity contribution in [2.75, 3.05) is 32.1 Å². The number of rotatable bonds is 3. The van der Waals surface area contributed by atoms with Gasteiger partial charge >= 0.3 is 0 Å². The highest BCUT2D eigenvalue weighted by Crippen LogP contribution is 2.32. The van der Waals surface area contributed by atoms with Crippen LogP contribution in [-0.4, -0.2) is 48.1 Å².